The van der Waals surface area contributed by atoms with E-state index in [0.29, 0.717) is 33.4 Å². The number of ether oxygens (including phenoxy) is 4. The predicted molar refractivity (Wildman–Crippen MR) is 279 cm³/mol. The van der Waals surface area contributed by atoms with E-state index < -0.39 is 58.2 Å². The van der Waals surface area contributed by atoms with Crippen LogP contribution in [-0.4, -0.2) is 109 Å². The number of thiophene rings is 2. The molecular weight excluding hydrogens is 1090 g/mol. The average Bonchev–Trinajstić information content (AvgIpc) is 4.19. The summed E-state index contributed by atoms with van der Waals surface area (Å²) in [6.07, 6.45) is 6.54. The smallest absolute Gasteiger partial charge is 0.352 e. The maximum Gasteiger partial charge on any atom is 0.352 e. The van der Waals surface area contributed by atoms with Crippen LogP contribution in [0.3, 0.4) is 0 Å². The molecule has 0 bridgehead atoms. The number of aliphatic carboxylic acids is 2. The number of β-lactam (4-membered cyclic amide) rings is 2. The maximum absolute atomic E-state index is 13.6. The minimum atomic E-state index is -1.58. The van der Waals surface area contributed by atoms with Gasteiger partial charge in [-0.1, -0.05) is 65.7 Å². The Bertz CT molecular complexity index is 3210. The molecule has 4 unspecified atom stereocenters. The van der Waals surface area contributed by atoms with Crippen LogP contribution in [0.5, 0.6) is 23.0 Å². The molecule has 75 heavy (non-hydrogen) atoms. The van der Waals surface area contributed by atoms with Gasteiger partial charge in [0.15, 0.2) is 5.60 Å². The van der Waals surface area contributed by atoms with Crippen LogP contribution in [-0.2, 0) is 51.9 Å². The van der Waals surface area contributed by atoms with Gasteiger partial charge in [-0.05, 0) is 64.4 Å². The van der Waals surface area contributed by atoms with Crippen LogP contribution in [0.25, 0.3) is 0 Å². The second-order valence-corrected chi connectivity index (χ2v) is 22.6. The highest BCUT2D eigenvalue weighted by atomic mass is 35.5. The average molecular weight is 1130 g/mol. The second kappa shape index (κ2) is 20.3. The Hall–Kier alpha value is -7.01. The van der Waals surface area contributed by atoms with Crippen LogP contribution >= 0.6 is 69.4 Å². The molecule has 4 atom stereocenters. The van der Waals surface area contributed by atoms with E-state index in [1.807, 2.05) is 35.0 Å². The first-order valence-electron chi connectivity index (χ1n) is 22.9. The molecule has 23 heteroatoms. The van der Waals surface area contributed by atoms with Crippen molar-refractivity contribution in [3.63, 3.8) is 0 Å². The van der Waals surface area contributed by atoms with Crippen LogP contribution in [0.2, 0.25) is 10.0 Å². The van der Waals surface area contributed by atoms with Gasteiger partial charge < -0.3 is 39.8 Å². The molecule has 0 aliphatic carbocycles. The van der Waals surface area contributed by atoms with Crippen molar-refractivity contribution in [3.8, 4) is 23.0 Å². The number of carboxylic acid groups (broad SMARTS) is 2. The number of allylic oxidation sites excluding steroid dienone is 2. The number of esters is 1. The van der Waals surface area contributed by atoms with Gasteiger partial charge in [0.05, 0.1) is 28.5 Å². The third-order valence-corrected chi connectivity index (χ3v) is 17.9. The molecule has 2 fully saturated rings. The highest BCUT2D eigenvalue weighted by Gasteiger charge is 2.56. The van der Waals surface area contributed by atoms with Crippen molar-refractivity contribution in [1.82, 2.24) is 20.4 Å². The number of hydrogen-bond donors (Lipinski definition) is 4. The molecule has 4 amide bonds. The number of carbonyl (C=O) groups excluding carboxylic acids is 5. The molecule has 0 saturated carbocycles. The van der Waals surface area contributed by atoms with Gasteiger partial charge in [0.25, 0.3) is 11.8 Å². The Labute approximate surface area is 452 Å². The number of rotatable bonds is 16. The number of carboxylic acids is 2. The molecule has 11 rings (SSSR count). The lowest BCUT2D eigenvalue weighted by molar-refractivity contribution is -0.150. The topological polar surface area (TPSA) is 227 Å². The number of benzene rings is 3. The normalized spacial score (nSPS) is 22.1. The van der Waals surface area contributed by atoms with Gasteiger partial charge >= 0.3 is 17.9 Å². The molecule has 8 heterocycles. The molecule has 5 aromatic rings. The number of halogens is 2. The van der Waals surface area contributed by atoms with Crippen molar-refractivity contribution in [2.24, 2.45) is 0 Å². The fourth-order valence-corrected chi connectivity index (χ4v) is 14.2. The van der Waals surface area contributed by atoms with Gasteiger partial charge in [-0.25, -0.2) is 14.4 Å². The summed E-state index contributed by atoms with van der Waals surface area (Å²) in [5.41, 5.74) is 0.371. The summed E-state index contributed by atoms with van der Waals surface area (Å²) >= 11 is 19.3. The summed E-state index contributed by atoms with van der Waals surface area (Å²) in [4.78, 5) is 94.5. The number of carbonyl (C=O) groups is 7. The van der Waals surface area contributed by atoms with Gasteiger partial charge in [-0.3, -0.25) is 29.0 Å². The first-order valence-corrected chi connectivity index (χ1v) is 27.6. The van der Waals surface area contributed by atoms with Crippen LogP contribution in [0.4, 0.5) is 0 Å². The minimum absolute atomic E-state index is 0.0907. The Morgan fingerprint density at radius 1 is 0.680 bits per heavy atom. The number of hydrogen-bond acceptors (Lipinski definition) is 15. The van der Waals surface area contributed by atoms with Gasteiger partial charge in [0.1, 0.15) is 70.4 Å². The maximum atomic E-state index is 13.6. The molecule has 6 aliphatic heterocycles. The standard InChI is InChI=1S/C52H38Cl2N4O13S4/c53-33-19-31-35(21-37(33)68-13-3-7-25-23-74-47-41(45(61)57(47)43(25)49(63)64)55-39(59)17-27-9-5-15-72-27)70-36-22-38(34(54)20-32(36)52(31)30-12-2-1-11-29(30)51(67)71-52)69-14-4-8-26-24-75-48-42(46(62)58(48)44(26)50(65)66)56-40(60)18-28-10-6-16-73-28/h1-12,15-16,19-22,41-42,47-48H,13-14,17-18,23-24H2,(H,55,59)(H,56,60)(H,63,64)(H,65,66). The van der Waals surface area contributed by atoms with Crippen LogP contribution < -0.4 is 24.8 Å². The molecule has 0 radical (unpaired) electrons. The predicted octanol–water partition coefficient (Wildman–Crippen LogP) is 7.52. The van der Waals surface area contributed by atoms with Gasteiger partial charge in [0, 0.05) is 50.1 Å². The first kappa shape index (κ1) is 50.2. The highest BCUT2D eigenvalue weighted by molar-refractivity contribution is 8.00. The number of nitrogens with zero attached hydrogens (tertiary/aromatic N) is 2. The van der Waals surface area contributed by atoms with E-state index in [2.05, 4.69) is 10.6 Å². The molecular formula is C52H38Cl2N4O13S4. The lowest BCUT2D eigenvalue weighted by Gasteiger charge is -2.49. The van der Waals surface area contributed by atoms with Crippen molar-refractivity contribution in [2.45, 2.75) is 41.3 Å². The zero-order valence-electron chi connectivity index (χ0n) is 38.6. The summed E-state index contributed by atoms with van der Waals surface area (Å²) in [5, 5.41) is 28.7. The minimum Gasteiger partial charge on any atom is -0.488 e. The van der Waals surface area contributed by atoms with Crippen LogP contribution in [0.15, 0.2) is 130 Å². The Balaban J connectivity index is 0.798. The molecule has 382 valence electrons. The SMILES string of the molecule is O=C(Cc1cccs1)NC1C(=O)N2C(C(=O)O)=C(C=CCOc3cc4c(cc3Cl)C3(OC(=O)c5ccccc53)c3cc(Cl)c(OCC=CC5=C(C(=O)O)N6C(=O)C(NC(=O)Cc7cccs7)C6SC5)cc3O4)CSC12. The van der Waals surface area contributed by atoms with Crippen molar-refractivity contribution >= 4 is 111 Å². The molecule has 6 aliphatic rings. The number of thioether (sulfide) groups is 2. The molecule has 1 spiro atoms. The monoisotopic (exact) mass is 1120 g/mol. The fourth-order valence-electron chi connectivity index (χ4n) is 9.68. The lowest BCUT2D eigenvalue weighted by Crippen LogP contribution is -2.70. The van der Waals surface area contributed by atoms with E-state index >= 15 is 0 Å². The van der Waals surface area contributed by atoms with Crippen LogP contribution in [0, 0.1) is 0 Å². The summed E-state index contributed by atoms with van der Waals surface area (Å²) in [6, 6.07) is 18.7. The molecule has 2 aromatic heterocycles. The lowest BCUT2D eigenvalue weighted by atomic mass is 9.77. The Morgan fingerprint density at radius 2 is 1.16 bits per heavy atom. The van der Waals surface area contributed by atoms with Crippen molar-refractivity contribution in [2.75, 3.05) is 24.7 Å². The second-order valence-electron chi connectivity index (χ2n) is 17.5. The molecule has 4 N–H and O–H groups in total. The van der Waals surface area contributed by atoms with E-state index in [9.17, 15) is 43.8 Å². The van der Waals surface area contributed by atoms with Crippen molar-refractivity contribution in [3.05, 3.63) is 172 Å². The van der Waals surface area contributed by atoms with E-state index in [1.165, 1.54) is 56.0 Å². The molecule has 2 saturated heterocycles. The van der Waals surface area contributed by atoms with E-state index in [-0.39, 0.29) is 93.8 Å². The largest absolute Gasteiger partial charge is 0.488 e. The molecule has 3 aromatic carbocycles. The third kappa shape index (κ3) is 9.03. The van der Waals surface area contributed by atoms with Gasteiger partial charge in [-0.15, -0.1) is 46.2 Å². The first-order chi connectivity index (χ1) is 36.2. The van der Waals surface area contributed by atoms with Gasteiger partial charge in [-0.2, -0.15) is 0 Å². The van der Waals surface area contributed by atoms with E-state index in [4.69, 9.17) is 42.1 Å². The zero-order chi connectivity index (χ0) is 52.3. The third-order valence-electron chi connectivity index (χ3n) is 13.0. The Morgan fingerprint density at radius 3 is 1.61 bits per heavy atom. The number of fused-ring (bicyclic) bond motifs is 8. The fraction of sp³-hybridized carbons (Fsp3) is 0.212. The molecule has 17 nitrogen and oxygen atoms in total. The van der Waals surface area contributed by atoms with E-state index in [1.54, 1.807) is 72.8 Å². The summed E-state index contributed by atoms with van der Waals surface area (Å²) in [7, 11) is 0. The Kier molecular flexibility index (Phi) is 13.6. The van der Waals surface area contributed by atoms with Crippen molar-refractivity contribution < 1.29 is 62.7 Å². The number of amides is 4. The zero-order valence-corrected chi connectivity index (χ0v) is 43.4. The summed E-state index contributed by atoms with van der Waals surface area (Å²) < 4.78 is 25.0. The summed E-state index contributed by atoms with van der Waals surface area (Å²) in [6.45, 7) is -0.181. The number of nitrogens with one attached hydrogen (secondary N) is 2. The van der Waals surface area contributed by atoms with Gasteiger partial charge in [0.2, 0.25) is 11.8 Å². The van der Waals surface area contributed by atoms with E-state index in [0.717, 1.165) is 9.75 Å². The highest BCUT2D eigenvalue weighted by Crippen LogP contribution is 2.59. The van der Waals surface area contributed by atoms with Crippen LogP contribution in [0.1, 0.15) is 36.8 Å². The van der Waals surface area contributed by atoms with Crippen molar-refractivity contribution in [1.29, 1.82) is 0 Å². The summed E-state index contributed by atoms with van der Waals surface area (Å²) in [5.74, 6) is -3.59. The quantitative estimate of drug-likeness (QED) is 0.0554.